The Bertz CT molecular complexity index is 1160. The van der Waals surface area contributed by atoms with Crippen LogP contribution in [0.3, 0.4) is 0 Å². The van der Waals surface area contributed by atoms with Crippen LogP contribution in [-0.2, 0) is 0 Å². The molecule has 0 bridgehead atoms. The molecule has 1 aliphatic rings. The van der Waals surface area contributed by atoms with Crippen LogP contribution in [0.15, 0.2) is 72.9 Å². The van der Waals surface area contributed by atoms with Gasteiger partial charge in [-0.2, -0.15) is 5.10 Å². The summed E-state index contributed by atoms with van der Waals surface area (Å²) in [7, 11) is 0. The molecule has 150 valence electrons. The highest BCUT2D eigenvalue weighted by molar-refractivity contribution is 5.93. The van der Waals surface area contributed by atoms with E-state index in [-0.39, 0.29) is 12.0 Å². The van der Waals surface area contributed by atoms with Gasteiger partial charge >= 0.3 is 0 Å². The zero-order valence-corrected chi connectivity index (χ0v) is 16.5. The van der Waals surface area contributed by atoms with Gasteiger partial charge in [-0.25, -0.2) is 0 Å². The predicted octanol–water partition coefficient (Wildman–Crippen LogP) is 4.31. The second-order valence-electron chi connectivity index (χ2n) is 7.47. The van der Waals surface area contributed by atoms with Crippen LogP contribution < -0.4 is 4.74 Å². The van der Waals surface area contributed by atoms with E-state index in [0.717, 1.165) is 40.8 Å². The Morgan fingerprint density at radius 2 is 1.80 bits per heavy atom. The Morgan fingerprint density at radius 3 is 2.63 bits per heavy atom. The number of para-hydroxylation sites is 1. The third-order valence-corrected chi connectivity index (χ3v) is 5.50. The topological polar surface area (TPSA) is 71.1 Å². The third-order valence-electron chi connectivity index (χ3n) is 5.50. The van der Waals surface area contributed by atoms with Crippen molar-refractivity contribution >= 4 is 16.8 Å². The molecule has 1 aliphatic heterocycles. The summed E-state index contributed by atoms with van der Waals surface area (Å²) in [4.78, 5) is 19.2. The van der Waals surface area contributed by atoms with Gasteiger partial charge in [-0.15, -0.1) is 0 Å². The van der Waals surface area contributed by atoms with Crippen molar-refractivity contribution in [1.29, 1.82) is 0 Å². The number of benzene rings is 2. The van der Waals surface area contributed by atoms with Crippen LogP contribution in [0.25, 0.3) is 22.2 Å². The molecule has 1 amide bonds. The lowest BCUT2D eigenvalue weighted by atomic mass is 10.1. The zero-order valence-electron chi connectivity index (χ0n) is 16.5. The largest absolute Gasteiger partial charge is 0.488 e. The number of hydrogen-bond acceptors (Lipinski definition) is 4. The average Bonchev–Trinajstić information content (AvgIpc) is 3.30. The Morgan fingerprint density at radius 1 is 1.00 bits per heavy atom. The summed E-state index contributed by atoms with van der Waals surface area (Å²) in [6.07, 6.45) is 3.43. The first-order valence-electron chi connectivity index (χ1n) is 10.2. The summed E-state index contributed by atoms with van der Waals surface area (Å²) in [5, 5.41) is 8.26. The second kappa shape index (κ2) is 7.99. The molecular weight excluding hydrogens is 376 g/mol. The van der Waals surface area contributed by atoms with Crippen molar-refractivity contribution < 1.29 is 9.53 Å². The summed E-state index contributed by atoms with van der Waals surface area (Å²) in [5.74, 6) is 0.786. The monoisotopic (exact) mass is 398 g/mol. The van der Waals surface area contributed by atoms with E-state index >= 15 is 0 Å². The van der Waals surface area contributed by atoms with Crippen molar-refractivity contribution in [3.63, 3.8) is 0 Å². The van der Waals surface area contributed by atoms with Gasteiger partial charge < -0.3 is 9.64 Å². The van der Waals surface area contributed by atoms with E-state index in [1.54, 1.807) is 6.20 Å². The fourth-order valence-corrected chi connectivity index (χ4v) is 3.89. The fraction of sp³-hybridized carbons (Fsp3) is 0.208. The highest BCUT2D eigenvalue weighted by Crippen LogP contribution is 2.27. The molecule has 2 aromatic carbocycles. The van der Waals surface area contributed by atoms with Gasteiger partial charge in [-0.1, -0.05) is 48.5 Å². The van der Waals surface area contributed by atoms with Crippen LogP contribution in [0.1, 0.15) is 23.3 Å². The van der Waals surface area contributed by atoms with Crippen molar-refractivity contribution in [3.8, 4) is 17.0 Å². The quantitative estimate of drug-likeness (QED) is 0.556. The number of carbonyl (C=O) groups is 1. The number of rotatable bonds is 4. The lowest BCUT2D eigenvalue weighted by molar-refractivity contribution is 0.0592. The number of nitrogens with one attached hydrogen (secondary N) is 1. The number of ether oxygens (including phenoxy) is 1. The molecule has 0 atom stereocenters. The van der Waals surface area contributed by atoms with Crippen LogP contribution in [0.2, 0.25) is 0 Å². The normalized spacial score (nSPS) is 14.7. The van der Waals surface area contributed by atoms with Crippen LogP contribution >= 0.6 is 0 Å². The van der Waals surface area contributed by atoms with Gasteiger partial charge in [-0.3, -0.25) is 14.9 Å². The minimum absolute atomic E-state index is 0.0186. The van der Waals surface area contributed by atoms with Crippen LogP contribution in [0.4, 0.5) is 0 Å². The van der Waals surface area contributed by atoms with E-state index in [1.807, 2.05) is 71.6 Å². The maximum atomic E-state index is 12.9. The minimum atomic E-state index is -0.0186. The first-order chi connectivity index (χ1) is 14.8. The van der Waals surface area contributed by atoms with E-state index in [9.17, 15) is 4.79 Å². The molecule has 0 saturated carbocycles. The zero-order chi connectivity index (χ0) is 20.3. The molecule has 1 N–H and O–H groups in total. The standard InChI is InChI=1S/C24H22N4O2/c29-24(21-16-20(26-27-21)17-6-2-1-3-7-17)28-14-11-19(12-15-28)30-22-10-4-8-18-9-5-13-25-23(18)22/h1-10,13,16,19H,11-12,14-15H2,(H,26,27). The number of pyridine rings is 1. The van der Waals surface area contributed by atoms with Crippen LogP contribution in [-0.4, -0.2) is 45.2 Å². The molecule has 6 heteroatoms. The molecule has 6 nitrogen and oxygen atoms in total. The lowest BCUT2D eigenvalue weighted by Crippen LogP contribution is -2.42. The van der Waals surface area contributed by atoms with Gasteiger partial charge in [0.05, 0.1) is 5.69 Å². The van der Waals surface area contributed by atoms with Gasteiger partial charge in [0.15, 0.2) is 0 Å². The third kappa shape index (κ3) is 3.64. The number of aromatic amines is 1. The van der Waals surface area contributed by atoms with Crippen molar-refractivity contribution in [2.24, 2.45) is 0 Å². The van der Waals surface area contributed by atoms with Gasteiger partial charge in [0, 0.05) is 43.1 Å². The second-order valence-corrected chi connectivity index (χ2v) is 7.47. The van der Waals surface area contributed by atoms with Crippen molar-refractivity contribution in [2.75, 3.05) is 13.1 Å². The predicted molar refractivity (Wildman–Crippen MR) is 115 cm³/mol. The molecular formula is C24H22N4O2. The fourth-order valence-electron chi connectivity index (χ4n) is 3.89. The Hall–Kier alpha value is -3.67. The molecule has 0 aliphatic carbocycles. The molecule has 4 aromatic rings. The van der Waals surface area contributed by atoms with Gasteiger partial charge in [0.25, 0.3) is 5.91 Å². The molecule has 30 heavy (non-hydrogen) atoms. The number of amides is 1. The van der Waals surface area contributed by atoms with Gasteiger partial charge in [-0.05, 0) is 18.2 Å². The molecule has 5 rings (SSSR count). The lowest BCUT2D eigenvalue weighted by Gasteiger charge is -2.32. The number of piperidine rings is 1. The number of hydrogen-bond donors (Lipinski definition) is 1. The van der Waals surface area contributed by atoms with E-state index in [0.29, 0.717) is 18.8 Å². The number of likely N-dealkylation sites (tertiary alicyclic amines) is 1. The van der Waals surface area contributed by atoms with Crippen molar-refractivity contribution in [2.45, 2.75) is 18.9 Å². The maximum absolute atomic E-state index is 12.9. The van der Waals surface area contributed by atoms with Crippen LogP contribution in [0, 0.1) is 0 Å². The Balaban J connectivity index is 1.23. The summed E-state index contributed by atoms with van der Waals surface area (Å²) < 4.78 is 6.24. The van der Waals surface area contributed by atoms with Gasteiger partial charge in [0.2, 0.25) is 0 Å². The summed E-state index contributed by atoms with van der Waals surface area (Å²) >= 11 is 0. The van der Waals surface area contributed by atoms with E-state index in [4.69, 9.17) is 4.74 Å². The smallest absolute Gasteiger partial charge is 0.271 e. The molecule has 2 aromatic heterocycles. The molecule has 0 spiro atoms. The maximum Gasteiger partial charge on any atom is 0.271 e. The highest BCUT2D eigenvalue weighted by Gasteiger charge is 2.26. The Kier molecular flexibility index (Phi) is 4.89. The van der Waals surface area contributed by atoms with Crippen LogP contribution in [0.5, 0.6) is 5.75 Å². The van der Waals surface area contributed by atoms with E-state index in [2.05, 4.69) is 15.2 Å². The molecule has 0 unspecified atom stereocenters. The number of fused-ring (bicyclic) bond motifs is 1. The molecule has 3 heterocycles. The minimum Gasteiger partial charge on any atom is -0.488 e. The number of H-pyrrole nitrogens is 1. The summed E-state index contributed by atoms with van der Waals surface area (Å²) in [5.41, 5.74) is 3.17. The SMILES string of the molecule is O=C(c1cc(-c2ccccc2)n[nH]1)N1CCC(Oc2cccc3cccnc23)CC1. The van der Waals surface area contributed by atoms with Crippen molar-refractivity contribution in [3.05, 3.63) is 78.6 Å². The molecule has 1 fully saturated rings. The first-order valence-corrected chi connectivity index (χ1v) is 10.2. The van der Waals surface area contributed by atoms with Crippen molar-refractivity contribution in [1.82, 2.24) is 20.1 Å². The number of aromatic nitrogens is 3. The van der Waals surface area contributed by atoms with Gasteiger partial charge in [0.1, 0.15) is 23.1 Å². The number of nitrogens with zero attached hydrogens (tertiary/aromatic N) is 3. The summed E-state index contributed by atoms with van der Waals surface area (Å²) in [6.45, 7) is 1.31. The van der Waals surface area contributed by atoms with E-state index < -0.39 is 0 Å². The highest BCUT2D eigenvalue weighted by atomic mass is 16.5. The van der Waals surface area contributed by atoms with E-state index in [1.165, 1.54) is 0 Å². The first kappa shape index (κ1) is 18.4. The molecule has 1 saturated heterocycles. The Labute approximate surface area is 174 Å². The number of carbonyl (C=O) groups excluding carboxylic acids is 1. The average molecular weight is 398 g/mol. The molecule has 0 radical (unpaired) electrons. The summed E-state index contributed by atoms with van der Waals surface area (Å²) in [6, 6.07) is 21.6.